The highest BCUT2D eigenvalue weighted by Crippen LogP contribution is 2.30. The number of fused-ring (bicyclic) bond motifs is 1. The van der Waals surface area contributed by atoms with Gasteiger partial charge in [0.2, 0.25) is 0 Å². The monoisotopic (exact) mass is 412 g/mol. The highest BCUT2D eigenvalue weighted by Gasteiger charge is 2.18. The van der Waals surface area contributed by atoms with E-state index >= 15 is 0 Å². The van der Waals surface area contributed by atoms with Crippen molar-refractivity contribution in [3.8, 4) is 17.1 Å². The van der Waals surface area contributed by atoms with Crippen LogP contribution < -0.4 is 10.3 Å². The van der Waals surface area contributed by atoms with Crippen LogP contribution in [0.5, 0.6) is 5.75 Å². The van der Waals surface area contributed by atoms with Crippen molar-refractivity contribution in [3.63, 3.8) is 0 Å². The minimum absolute atomic E-state index is 0.236. The summed E-state index contributed by atoms with van der Waals surface area (Å²) in [7, 11) is 1.75. The molecule has 1 aromatic carbocycles. The molecule has 0 atom stereocenters. The normalized spacial score (nSPS) is 11.1. The molecule has 0 spiro atoms. The zero-order chi connectivity index (χ0) is 21.7. The van der Waals surface area contributed by atoms with Crippen molar-refractivity contribution < 1.29 is 14.3 Å². The Hall–Kier alpha value is -3.16. The van der Waals surface area contributed by atoms with E-state index in [1.807, 2.05) is 25.1 Å². The second-order valence-corrected chi connectivity index (χ2v) is 7.00. The smallest absolute Gasteiger partial charge is 0.306 e. The lowest BCUT2D eigenvalue weighted by molar-refractivity contribution is -0.143. The Morgan fingerprint density at radius 1 is 1.17 bits per heavy atom. The number of esters is 1. The van der Waals surface area contributed by atoms with E-state index in [9.17, 15) is 9.59 Å². The van der Waals surface area contributed by atoms with Crippen LogP contribution in [-0.4, -0.2) is 38.9 Å². The molecule has 30 heavy (non-hydrogen) atoms. The average Bonchev–Trinajstić information content (AvgIpc) is 3.03. The molecule has 8 nitrogen and oxygen atoms in total. The molecule has 0 unspecified atom stereocenters. The molecule has 0 saturated heterocycles. The summed E-state index contributed by atoms with van der Waals surface area (Å²) in [4.78, 5) is 32.1. The first-order chi connectivity index (χ1) is 14.5. The fraction of sp³-hybridized carbons (Fsp3) is 0.455. The fourth-order valence-electron chi connectivity index (χ4n) is 3.46. The molecule has 0 bridgehead atoms. The number of benzene rings is 1. The van der Waals surface area contributed by atoms with Crippen LogP contribution in [-0.2, 0) is 29.4 Å². The van der Waals surface area contributed by atoms with E-state index in [4.69, 9.17) is 14.5 Å². The largest absolute Gasteiger partial charge is 0.493 e. The van der Waals surface area contributed by atoms with Crippen molar-refractivity contribution in [2.75, 3.05) is 13.2 Å². The van der Waals surface area contributed by atoms with Crippen LogP contribution in [0.25, 0.3) is 22.4 Å². The topological polar surface area (TPSA) is 99.1 Å². The number of carbonyl (C=O) groups excluding carboxylic acids is 1. The summed E-state index contributed by atoms with van der Waals surface area (Å²) >= 11 is 0. The van der Waals surface area contributed by atoms with Gasteiger partial charge < -0.3 is 14.5 Å². The zero-order valence-electron chi connectivity index (χ0n) is 17.9. The molecule has 0 aliphatic carbocycles. The number of nitrogens with zero attached hydrogens (tertiary/aromatic N) is 3. The van der Waals surface area contributed by atoms with Crippen molar-refractivity contribution in [1.82, 2.24) is 19.7 Å². The molecule has 2 aromatic heterocycles. The first-order valence-electron chi connectivity index (χ1n) is 10.4. The zero-order valence-corrected chi connectivity index (χ0v) is 17.9. The van der Waals surface area contributed by atoms with Gasteiger partial charge in [-0.3, -0.25) is 14.3 Å². The third-order valence-electron chi connectivity index (χ3n) is 4.77. The van der Waals surface area contributed by atoms with Crippen molar-refractivity contribution in [2.45, 2.75) is 46.5 Å². The van der Waals surface area contributed by atoms with Gasteiger partial charge in [0.25, 0.3) is 5.56 Å². The third-order valence-corrected chi connectivity index (χ3v) is 4.77. The Kier molecular flexibility index (Phi) is 6.87. The van der Waals surface area contributed by atoms with Crippen molar-refractivity contribution in [3.05, 3.63) is 39.8 Å². The number of aromatic amines is 1. The summed E-state index contributed by atoms with van der Waals surface area (Å²) in [5.41, 5.74) is 3.24. The predicted octanol–water partition coefficient (Wildman–Crippen LogP) is 3.17. The fourth-order valence-corrected chi connectivity index (χ4v) is 3.46. The van der Waals surface area contributed by atoms with Crippen LogP contribution in [0.1, 0.15) is 44.9 Å². The molecule has 0 fully saturated rings. The number of rotatable bonds is 9. The standard InChI is InChI=1S/C22H28N4O4/c1-5-8-16-19-20(26(4)25-16)22(28)24-21(23-19)15-13-14(9-11-17(15)29-6-2)10-12-18(27)30-7-3/h9,11,13H,5-8,10,12H2,1-4H3,(H,23,24,28). The Labute approximate surface area is 175 Å². The van der Waals surface area contributed by atoms with Crippen LogP contribution in [0.15, 0.2) is 23.0 Å². The summed E-state index contributed by atoms with van der Waals surface area (Å²) in [6.07, 6.45) is 2.46. The maximum Gasteiger partial charge on any atom is 0.306 e. The molecule has 0 saturated carbocycles. The second kappa shape index (κ2) is 9.56. The van der Waals surface area contributed by atoms with Gasteiger partial charge in [-0.05, 0) is 44.4 Å². The van der Waals surface area contributed by atoms with E-state index in [0.29, 0.717) is 47.8 Å². The Balaban J connectivity index is 2.07. The van der Waals surface area contributed by atoms with E-state index in [1.165, 1.54) is 0 Å². The number of aromatic nitrogens is 4. The van der Waals surface area contributed by atoms with Gasteiger partial charge in [0, 0.05) is 13.5 Å². The number of hydrogen-bond donors (Lipinski definition) is 1. The first kappa shape index (κ1) is 21.5. The molecule has 8 heteroatoms. The van der Waals surface area contributed by atoms with E-state index in [1.54, 1.807) is 18.7 Å². The van der Waals surface area contributed by atoms with Gasteiger partial charge in [0.15, 0.2) is 5.52 Å². The number of carbonyl (C=O) groups is 1. The van der Waals surface area contributed by atoms with Crippen LogP contribution in [0.4, 0.5) is 0 Å². The molecule has 0 amide bonds. The molecule has 3 rings (SSSR count). The quantitative estimate of drug-likeness (QED) is 0.542. The average molecular weight is 412 g/mol. The van der Waals surface area contributed by atoms with Crippen LogP contribution in [0, 0.1) is 0 Å². The summed E-state index contributed by atoms with van der Waals surface area (Å²) in [6.45, 7) is 6.60. The van der Waals surface area contributed by atoms with Crippen LogP contribution >= 0.6 is 0 Å². The highest BCUT2D eigenvalue weighted by atomic mass is 16.5. The van der Waals surface area contributed by atoms with Crippen molar-refractivity contribution in [1.29, 1.82) is 0 Å². The van der Waals surface area contributed by atoms with Gasteiger partial charge in [-0.1, -0.05) is 19.4 Å². The van der Waals surface area contributed by atoms with Gasteiger partial charge in [0.05, 0.1) is 24.5 Å². The number of ether oxygens (including phenoxy) is 2. The molecule has 3 aromatic rings. The van der Waals surface area contributed by atoms with E-state index in [2.05, 4.69) is 17.0 Å². The van der Waals surface area contributed by atoms with Crippen LogP contribution in [0.3, 0.4) is 0 Å². The summed E-state index contributed by atoms with van der Waals surface area (Å²) < 4.78 is 12.4. The van der Waals surface area contributed by atoms with Crippen LogP contribution in [0.2, 0.25) is 0 Å². The molecular formula is C22H28N4O4. The highest BCUT2D eigenvalue weighted by molar-refractivity contribution is 5.80. The lowest BCUT2D eigenvalue weighted by atomic mass is 10.0. The summed E-state index contributed by atoms with van der Waals surface area (Å²) in [5.74, 6) is 0.820. The number of nitrogens with one attached hydrogen (secondary N) is 1. The molecule has 160 valence electrons. The molecular weight excluding hydrogens is 384 g/mol. The molecule has 0 aliphatic heterocycles. The summed E-state index contributed by atoms with van der Waals surface area (Å²) in [5, 5.41) is 4.47. The Morgan fingerprint density at radius 3 is 2.67 bits per heavy atom. The summed E-state index contributed by atoms with van der Waals surface area (Å²) in [6, 6.07) is 5.67. The SMILES string of the molecule is CCCc1nn(C)c2c(=O)[nH]c(-c3cc(CCC(=O)OCC)ccc3OCC)nc12. The van der Waals surface area contributed by atoms with E-state index in [0.717, 1.165) is 24.1 Å². The molecule has 0 radical (unpaired) electrons. The molecule has 2 heterocycles. The van der Waals surface area contributed by atoms with Crippen molar-refractivity contribution in [2.24, 2.45) is 7.05 Å². The minimum Gasteiger partial charge on any atom is -0.493 e. The van der Waals surface area contributed by atoms with Gasteiger partial charge >= 0.3 is 5.97 Å². The Bertz CT molecular complexity index is 1100. The lowest BCUT2D eigenvalue weighted by Crippen LogP contribution is -2.13. The van der Waals surface area contributed by atoms with E-state index < -0.39 is 0 Å². The van der Waals surface area contributed by atoms with Gasteiger partial charge in [-0.15, -0.1) is 0 Å². The number of H-pyrrole nitrogens is 1. The van der Waals surface area contributed by atoms with Gasteiger partial charge in [-0.25, -0.2) is 4.98 Å². The maximum absolute atomic E-state index is 12.8. The van der Waals surface area contributed by atoms with E-state index in [-0.39, 0.29) is 17.9 Å². The number of hydrogen-bond acceptors (Lipinski definition) is 6. The van der Waals surface area contributed by atoms with Gasteiger partial charge in [-0.2, -0.15) is 5.10 Å². The molecule has 0 aliphatic rings. The first-order valence-corrected chi connectivity index (χ1v) is 10.4. The second-order valence-electron chi connectivity index (χ2n) is 7.00. The number of aryl methyl sites for hydroxylation is 3. The third kappa shape index (κ3) is 4.53. The lowest BCUT2D eigenvalue weighted by Gasteiger charge is -2.12. The van der Waals surface area contributed by atoms with Gasteiger partial charge in [0.1, 0.15) is 17.1 Å². The predicted molar refractivity (Wildman–Crippen MR) is 115 cm³/mol. The Morgan fingerprint density at radius 2 is 1.97 bits per heavy atom. The minimum atomic E-state index is -0.244. The molecule has 1 N–H and O–H groups in total. The maximum atomic E-state index is 12.8. The van der Waals surface area contributed by atoms with Crippen molar-refractivity contribution >= 4 is 17.0 Å².